The first-order chi connectivity index (χ1) is 25.6. The van der Waals surface area contributed by atoms with Crippen molar-refractivity contribution in [2.45, 2.75) is 19.3 Å². The molecule has 1 aliphatic rings. The van der Waals surface area contributed by atoms with Crippen LogP contribution in [-0.4, -0.2) is 24.5 Å². The number of hydrogen-bond donors (Lipinski definition) is 0. The first-order valence-electron chi connectivity index (χ1n) is 17.7. The summed E-state index contributed by atoms with van der Waals surface area (Å²) in [5.74, 6) is 1.79. The van der Waals surface area contributed by atoms with Crippen molar-refractivity contribution in [3.63, 3.8) is 0 Å². The van der Waals surface area contributed by atoms with Crippen LogP contribution in [-0.2, 0) is 5.41 Å². The van der Waals surface area contributed by atoms with Crippen LogP contribution in [0.3, 0.4) is 0 Å². The third-order valence-electron chi connectivity index (χ3n) is 11.0. The van der Waals surface area contributed by atoms with E-state index < -0.39 is 0 Å². The lowest BCUT2D eigenvalue weighted by Crippen LogP contribution is -2.18. The van der Waals surface area contributed by atoms with Gasteiger partial charge in [0.15, 0.2) is 11.6 Å². The SMILES string of the molecule is CC1(C)c2c(ccc3c4ccccc4c4ccccc4c23)-c2ccc3c4cccnc4n(-c4nc(-c5ccccc5)nc(-c5ccccc5)n4)c3c21. The Bertz CT molecular complexity index is 3000. The largest absolute Gasteiger partial charge is 0.261 e. The molecule has 0 N–H and O–H groups in total. The summed E-state index contributed by atoms with van der Waals surface area (Å²) in [5, 5.41) is 9.92. The average molecular weight is 666 g/mol. The maximum absolute atomic E-state index is 5.22. The lowest BCUT2D eigenvalue weighted by atomic mass is 9.78. The van der Waals surface area contributed by atoms with Gasteiger partial charge in [0.1, 0.15) is 5.65 Å². The van der Waals surface area contributed by atoms with Crippen LogP contribution in [0.15, 0.2) is 152 Å². The van der Waals surface area contributed by atoms with Gasteiger partial charge in [-0.1, -0.05) is 147 Å². The highest BCUT2D eigenvalue weighted by atomic mass is 15.2. The summed E-state index contributed by atoms with van der Waals surface area (Å²) < 4.78 is 2.19. The second kappa shape index (κ2) is 10.6. The Balaban J connectivity index is 1.27. The van der Waals surface area contributed by atoms with E-state index in [1.54, 1.807) is 0 Å². The molecule has 0 saturated heterocycles. The summed E-state index contributed by atoms with van der Waals surface area (Å²) in [6, 6.07) is 51.4. The lowest BCUT2D eigenvalue weighted by Gasteiger charge is -2.26. The standard InChI is InChI=1S/C47H31N5/c1-47(2)40-35(24-23-34-32-20-10-9-18-30(32)31-19-11-12-21-33(31)39(34)40)36-25-26-37-38-22-13-27-48-45(38)52(42(37)41(36)47)46-50-43(28-14-5-3-6-15-28)49-44(51-46)29-16-7-4-8-17-29/h3-27H,1-2H3. The van der Waals surface area contributed by atoms with Crippen molar-refractivity contribution in [2.75, 3.05) is 0 Å². The minimum Gasteiger partial charge on any atom is -0.261 e. The fourth-order valence-electron chi connectivity index (χ4n) is 8.88. The first kappa shape index (κ1) is 29.1. The van der Waals surface area contributed by atoms with E-state index in [0.717, 1.165) is 33.1 Å². The topological polar surface area (TPSA) is 56.5 Å². The smallest absolute Gasteiger partial charge is 0.240 e. The number of fused-ring (bicyclic) bond motifs is 14. The second-order valence-electron chi connectivity index (χ2n) is 14.2. The van der Waals surface area contributed by atoms with Crippen LogP contribution < -0.4 is 0 Å². The minimum absolute atomic E-state index is 0.376. The van der Waals surface area contributed by atoms with Crippen molar-refractivity contribution >= 4 is 54.3 Å². The molecule has 10 aromatic rings. The molecule has 0 saturated carbocycles. The van der Waals surface area contributed by atoms with Crippen LogP contribution in [0.2, 0.25) is 0 Å². The molecule has 0 aliphatic heterocycles. The first-order valence-corrected chi connectivity index (χ1v) is 17.7. The Kier molecular flexibility index (Phi) is 5.95. The second-order valence-corrected chi connectivity index (χ2v) is 14.2. The van der Waals surface area contributed by atoms with E-state index >= 15 is 0 Å². The number of hydrogen-bond acceptors (Lipinski definition) is 4. The molecule has 0 fully saturated rings. The molecule has 3 heterocycles. The molecular formula is C47H31N5. The van der Waals surface area contributed by atoms with Crippen molar-refractivity contribution < 1.29 is 0 Å². The number of nitrogens with zero attached hydrogens (tertiary/aromatic N) is 5. The molecule has 11 rings (SSSR count). The van der Waals surface area contributed by atoms with Crippen LogP contribution in [0.1, 0.15) is 25.0 Å². The summed E-state index contributed by atoms with van der Waals surface area (Å²) in [4.78, 5) is 20.5. The van der Waals surface area contributed by atoms with Gasteiger partial charge in [0.05, 0.1) is 5.52 Å². The van der Waals surface area contributed by atoms with Gasteiger partial charge in [-0.3, -0.25) is 4.57 Å². The highest BCUT2D eigenvalue weighted by molar-refractivity contribution is 6.28. The molecule has 0 radical (unpaired) electrons. The molecule has 0 spiro atoms. The molecule has 5 nitrogen and oxygen atoms in total. The normalized spacial score (nSPS) is 13.3. The van der Waals surface area contributed by atoms with Crippen LogP contribution >= 0.6 is 0 Å². The van der Waals surface area contributed by atoms with Crippen molar-refractivity contribution in [1.82, 2.24) is 24.5 Å². The predicted molar refractivity (Wildman–Crippen MR) is 213 cm³/mol. The summed E-state index contributed by atoms with van der Waals surface area (Å²) in [6.07, 6.45) is 1.86. The average Bonchev–Trinajstić information content (AvgIpc) is 3.66. The molecule has 0 unspecified atom stereocenters. The number of rotatable bonds is 3. The summed E-state index contributed by atoms with van der Waals surface area (Å²) in [7, 11) is 0. The third kappa shape index (κ3) is 3.93. The van der Waals surface area contributed by atoms with Gasteiger partial charge in [-0.15, -0.1) is 0 Å². The Morgan fingerprint density at radius 1 is 0.442 bits per heavy atom. The van der Waals surface area contributed by atoms with Gasteiger partial charge >= 0.3 is 0 Å². The molecular weight excluding hydrogens is 635 g/mol. The van der Waals surface area contributed by atoms with E-state index in [1.807, 2.05) is 48.7 Å². The number of benzene rings is 7. The zero-order valence-corrected chi connectivity index (χ0v) is 28.7. The van der Waals surface area contributed by atoms with E-state index in [0.29, 0.717) is 17.6 Å². The number of aromatic nitrogens is 5. The molecule has 5 heteroatoms. The molecule has 52 heavy (non-hydrogen) atoms. The van der Waals surface area contributed by atoms with Crippen molar-refractivity contribution in [1.29, 1.82) is 0 Å². The van der Waals surface area contributed by atoms with E-state index in [2.05, 4.69) is 122 Å². The highest BCUT2D eigenvalue weighted by Crippen LogP contribution is 2.56. The molecule has 0 atom stereocenters. The van der Waals surface area contributed by atoms with Gasteiger partial charge in [0, 0.05) is 33.5 Å². The monoisotopic (exact) mass is 665 g/mol. The minimum atomic E-state index is -0.376. The van der Waals surface area contributed by atoms with Crippen LogP contribution in [0.5, 0.6) is 0 Å². The highest BCUT2D eigenvalue weighted by Gasteiger charge is 2.41. The molecule has 0 bridgehead atoms. The third-order valence-corrected chi connectivity index (χ3v) is 11.0. The maximum Gasteiger partial charge on any atom is 0.240 e. The fourth-order valence-corrected chi connectivity index (χ4v) is 8.88. The van der Waals surface area contributed by atoms with Gasteiger partial charge in [-0.05, 0) is 66.7 Å². The zero-order chi connectivity index (χ0) is 34.6. The molecule has 244 valence electrons. The number of pyridine rings is 1. The van der Waals surface area contributed by atoms with Gasteiger partial charge in [0.25, 0.3) is 0 Å². The van der Waals surface area contributed by atoms with Gasteiger partial charge in [-0.2, -0.15) is 9.97 Å². The Morgan fingerprint density at radius 3 is 1.58 bits per heavy atom. The van der Waals surface area contributed by atoms with Gasteiger partial charge in [0.2, 0.25) is 5.95 Å². The Morgan fingerprint density at radius 2 is 0.942 bits per heavy atom. The van der Waals surface area contributed by atoms with Crippen molar-refractivity contribution in [3.8, 4) is 39.9 Å². The van der Waals surface area contributed by atoms with E-state index in [9.17, 15) is 0 Å². The lowest BCUT2D eigenvalue weighted by molar-refractivity contribution is 0.669. The van der Waals surface area contributed by atoms with Gasteiger partial charge < -0.3 is 0 Å². The van der Waals surface area contributed by atoms with E-state index in [-0.39, 0.29) is 5.41 Å². The van der Waals surface area contributed by atoms with E-state index in [1.165, 1.54) is 54.6 Å². The fraction of sp³-hybridized carbons (Fsp3) is 0.0638. The summed E-state index contributed by atoms with van der Waals surface area (Å²) in [6.45, 7) is 4.77. The summed E-state index contributed by atoms with van der Waals surface area (Å²) >= 11 is 0. The predicted octanol–water partition coefficient (Wildman–Crippen LogP) is 11.5. The molecule has 7 aromatic carbocycles. The van der Waals surface area contributed by atoms with Crippen LogP contribution in [0, 0.1) is 0 Å². The van der Waals surface area contributed by atoms with Crippen molar-refractivity contribution in [3.05, 3.63) is 163 Å². The molecule has 0 amide bonds. The molecule has 1 aliphatic carbocycles. The molecule has 3 aromatic heterocycles. The van der Waals surface area contributed by atoms with Crippen LogP contribution in [0.25, 0.3) is 94.1 Å². The van der Waals surface area contributed by atoms with Gasteiger partial charge in [-0.25, -0.2) is 9.97 Å². The maximum atomic E-state index is 5.22. The van der Waals surface area contributed by atoms with Crippen LogP contribution in [0.4, 0.5) is 0 Å². The Hall–Kier alpha value is -6.72. The summed E-state index contributed by atoms with van der Waals surface area (Å²) in [5.41, 5.74) is 8.50. The quantitative estimate of drug-likeness (QED) is 0.176. The Labute approximate surface area is 299 Å². The zero-order valence-electron chi connectivity index (χ0n) is 28.7. The van der Waals surface area contributed by atoms with Crippen molar-refractivity contribution in [2.24, 2.45) is 0 Å². The van der Waals surface area contributed by atoms with E-state index in [4.69, 9.17) is 19.9 Å².